The molecule has 96 valence electrons. The Morgan fingerprint density at radius 2 is 2.28 bits per heavy atom. The number of halogens is 1. The topological polar surface area (TPSA) is 42.4 Å². The molecule has 3 rings (SSSR count). The van der Waals surface area contributed by atoms with E-state index in [1.165, 1.54) is 12.8 Å². The Morgan fingerprint density at radius 1 is 1.44 bits per heavy atom. The molecule has 1 atom stereocenters. The SMILES string of the molecule is O=C1COCC(c2ccc(Cl)cn2)N1CC1CC1. The molecule has 5 heteroatoms. The Kier molecular flexibility index (Phi) is 3.22. The maximum Gasteiger partial charge on any atom is 0.249 e. The first kappa shape index (κ1) is 11.9. The summed E-state index contributed by atoms with van der Waals surface area (Å²) in [6, 6.07) is 3.61. The van der Waals surface area contributed by atoms with E-state index in [9.17, 15) is 4.79 Å². The molecule has 0 aromatic carbocycles. The summed E-state index contributed by atoms with van der Waals surface area (Å²) in [6.07, 6.45) is 4.07. The van der Waals surface area contributed by atoms with Crippen LogP contribution in [0.15, 0.2) is 18.3 Å². The van der Waals surface area contributed by atoms with Gasteiger partial charge in [-0.3, -0.25) is 9.78 Å². The maximum absolute atomic E-state index is 12.0. The molecule has 2 heterocycles. The van der Waals surface area contributed by atoms with Crippen LogP contribution in [0.5, 0.6) is 0 Å². The predicted octanol–water partition coefficient (Wildman–Crippen LogP) is 2.04. The highest BCUT2D eigenvalue weighted by atomic mass is 35.5. The van der Waals surface area contributed by atoms with Crippen LogP contribution in [-0.4, -0.2) is 35.5 Å². The zero-order valence-electron chi connectivity index (χ0n) is 10.0. The molecule has 18 heavy (non-hydrogen) atoms. The number of carbonyl (C=O) groups is 1. The number of hydrogen-bond acceptors (Lipinski definition) is 3. The molecule has 1 saturated heterocycles. The standard InChI is InChI=1S/C13H15ClN2O2/c14-10-3-4-11(15-5-10)12-7-18-8-13(17)16(12)6-9-1-2-9/h3-5,9,12H,1-2,6-8H2. The van der Waals surface area contributed by atoms with E-state index in [4.69, 9.17) is 16.3 Å². The number of nitrogens with zero attached hydrogens (tertiary/aromatic N) is 2. The zero-order valence-corrected chi connectivity index (χ0v) is 10.8. The minimum atomic E-state index is -0.0656. The summed E-state index contributed by atoms with van der Waals surface area (Å²) >= 11 is 5.84. The summed E-state index contributed by atoms with van der Waals surface area (Å²) in [4.78, 5) is 18.2. The van der Waals surface area contributed by atoms with Gasteiger partial charge in [0.05, 0.1) is 23.4 Å². The molecule has 0 bridgehead atoms. The number of ether oxygens (including phenoxy) is 1. The number of aromatic nitrogens is 1. The van der Waals surface area contributed by atoms with Crippen LogP contribution in [0, 0.1) is 5.92 Å². The van der Waals surface area contributed by atoms with E-state index < -0.39 is 0 Å². The van der Waals surface area contributed by atoms with Gasteiger partial charge in [0.25, 0.3) is 0 Å². The highest BCUT2D eigenvalue weighted by molar-refractivity contribution is 6.30. The second-order valence-corrected chi connectivity index (χ2v) is 5.36. The van der Waals surface area contributed by atoms with Crippen molar-refractivity contribution in [3.63, 3.8) is 0 Å². The van der Waals surface area contributed by atoms with Crippen molar-refractivity contribution in [1.29, 1.82) is 0 Å². The van der Waals surface area contributed by atoms with Crippen molar-refractivity contribution in [2.24, 2.45) is 5.92 Å². The van der Waals surface area contributed by atoms with E-state index in [1.807, 2.05) is 11.0 Å². The average molecular weight is 267 g/mol. The lowest BCUT2D eigenvalue weighted by molar-refractivity contribution is -0.149. The van der Waals surface area contributed by atoms with Gasteiger partial charge in [0.15, 0.2) is 0 Å². The van der Waals surface area contributed by atoms with Crippen LogP contribution in [0.3, 0.4) is 0 Å². The van der Waals surface area contributed by atoms with Gasteiger partial charge in [0.2, 0.25) is 5.91 Å². The third-order valence-corrected chi connectivity index (χ3v) is 3.66. The lowest BCUT2D eigenvalue weighted by Gasteiger charge is -2.35. The predicted molar refractivity (Wildman–Crippen MR) is 67.2 cm³/mol. The molecule has 1 aliphatic heterocycles. The van der Waals surface area contributed by atoms with Crippen LogP contribution in [0.4, 0.5) is 0 Å². The highest BCUT2D eigenvalue weighted by Gasteiger charge is 2.35. The number of morpholine rings is 1. The summed E-state index contributed by atoms with van der Waals surface area (Å²) in [7, 11) is 0. The highest BCUT2D eigenvalue weighted by Crippen LogP contribution is 2.33. The van der Waals surface area contributed by atoms with Gasteiger partial charge in [-0.2, -0.15) is 0 Å². The van der Waals surface area contributed by atoms with Gasteiger partial charge in [-0.15, -0.1) is 0 Å². The molecule has 2 aliphatic rings. The van der Waals surface area contributed by atoms with Crippen molar-refractivity contribution in [2.45, 2.75) is 18.9 Å². The van der Waals surface area contributed by atoms with Gasteiger partial charge in [-0.1, -0.05) is 11.6 Å². The summed E-state index contributed by atoms with van der Waals surface area (Å²) in [5, 5.41) is 0.607. The Bertz CT molecular complexity index is 445. The number of rotatable bonds is 3. The smallest absolute Gasteiger partial charge is 0.249 e. The van der Waals surface area contributed by atoms with Gasteiger partial charge in [0.1, 0.15) is 6.61 Å². The molecular formula is C13H15ClN2O2. The molecule has 0 N–H and O–H groups in total. The van der Waals surface area contributed by atoms with Gasteiger partial charge in [-0.25, -0.2) is 0 Å². The summed E-state index contributed by atoms with van der Waals surface area (Å²) in [5.41, 5.74) is 0.855. The molecule has 4 nitrogen and oxygen atoms in total. The fourth-order valence-electron chi connectivity index (χ4n) is 2.24. The van der Waals surface area contributed by atoms with Crippen molar-refractivity contribution < 1.29 is 9.53 Å². The molecule has 1 amide bonds. The van der Waals surface area contributed by atoms with Gasteiger partial charge in [0, 0.05) is 12.7 Å². The molecule has 2 fully saturated rings. The Morgan fingerprint density at radius 3 is 2.94 bits per heavy atom. The molecule has 0 spiro atoms. The van der Waals surface area contributed by atoms with Crippen LogP contribution >= 0.6 is 11.6 Å². The summed E-state index contributed by atoms with van der Waals surface area (Å²) in [6.45, 7) is 1.54. The Balaban J connectivity index is 1.81. The van der Waals surface area contributed by atoms with E-state index in [0.717, 1.165) is 12.2 Å². The average Bonchev–Trinajstić information content (AvgIpc) is 3.17. The van der Waals surface area contributed by atoms with Gasteiger partial charge in [-0.05, 0) is 30.9 Å². The molecule has 1 saturated carbocycles. The first-order valence-corrected chi connectivity index (χ1v) is 6.60. The summed E-state index contributed by atoms with van der Waals surface area (Å²) < 4.78 is 5.35. The van der Waals surface area contributed by atoms with Crippen molar-refractivity contribution in [3.8, 4) is 0 Å². The van der Waals surface area contributed by atoms with Crippen LogP contribution in [0.2, 0.25) is 5.02 Å². The normalized spacial score (nSPS) is 24.4. The minimum Gasteiger partial charge on any atom is -0.369 e. The second-order valence-electron chi connectivity index (χ2n) is 4.92. The number of amides is 1. The van der Waals surface area contributed by atoms with Gasteiger partial charge >= 0.3 is 0 Å². The summed E-state index contributed by atoms with van der Waals surface area (Å²) in [5.74, 6) is 0.733. The molecule has 1 aromatic heterocycles. The fraction of sp³-hybridized carbons (Fsp3) is 0.538. The number of pyridine rings is 1. The Hall–Kier alpha value is -1.13. The molecule has 1 aromatic rings. The van der Waals surface area contributed by atoms with Crippen LogP contribution in [0.25, 0.3) is 0 Å². The maximum atomic E-state index is 12.0. The van der Waals surface area contributed by atoms with Crippen LogP contribution in [-0.2, 0) is 9.53 Å². The van der Waals surface area contributed by atoms with Gasteiger partial charge < -0.3 is 9.64 Å². The third kappa shape index (κ3) is 2.49. The van der Waals surface area contributed by atoms with E-state index in [0.29, 0.717) is 17.5 Å². The first-order valence-electron chi connectivity index (χ1n) is 6.22. The zero-order chi connectivity index (χ0) is 12.5. The molecule has 1 aliphatic carbocycles. The van der Waals surface area contributed by atoms with Crippen molar-refractivity contribution in [2.75, 3.05) is 19.8 Å². The molecular weight excluding hydrogens is 252 g/mol. The van der Waals surface area contributed by atoms with Crippen molar-refractivity contribution in [3.05, 3.63) is 29.0 Å². The number of hydrogen-bond donors (Lipinski definition) is 0. The fourth-order valence-corrected chi connectivity index (χ4v) is 2.35. The monoisotopic (exact) mass is 266 g/mol. The van der Waals surface area contributed by atoms with Crippen LogP contribution in [0.1, 0.15) is 24.6 Å². The quantitative estimate of drug-likeness (QED) is 0.841. The second kappa shape index (κ2) is 4.86. The van der Waals surface area contributed by atoms with E-state index in [1.54, 1.807) is 12.3 Å². The first-order chi connectivity index (χ1) is 8.74. The third-order valence-electron chi connectivity index (χ3n) is 3.44. The molecule has 1 unspecified atom stereocenters. The van der Waals surface area contributed by atoms with E-state index >= 15 is 0 Å². The van der Waals surface area contributed by atoms with Crippen molar-refractivity contribution >= 4 is 17.5 Å². The lowest BCUT2D eigenvalue weighted by atomic mass is 10.1. The number of carbonyl (C=O) groups excluding carboxylic acids is 1. The molecule has 0 radical (unpaired) electrons. The largest absolute Gasteiger partial charge is 0.369 e. The van der Waals surface area contributed by atoms with E-state index in [-0.39, 0.29) is 18.6 Å². The van der Waals surface area contributed by atoms with Crippen molar-refractivity contribution in [1.82, 2.24) is 9.88 Å². The van der Waals surface area contributed by atoms with E-state index in [2.05, 4.69) is 4.98 Å². The van der Waals surface area contributed by atoms with Crippen LogP contribution < -0.4 is 0 Å². The lowest BCUT2D eigenvalue weighted by Crippen LogP contribution is -2.45. The minimum absolute atomic E-state index is 0.0647. The Labute approximate surface area is 111 Å².